The zero-order chi connectivity index (χ0) is 18.4. The normalized spacial score (nSPS) is 10.3. The Balaban J connectivity index is 1.93. The summed E-state index contributed by atoms with van der Waals surface area (Å²) in [7, 11) is 3.10. The smallest absolute Gasteiger partial charge is 0.251 e. The van der Waals surface area contributed by atoms with Crippen molar-refractivity contribution in [2.24, 2.45) is 0 Å². The van der Waals surface area contributed by atoms with Crippen molar-refractivity contribution in [2.75, 3.05) is 27.4 Å². The van der Waals surface area contributed by atoms with Gasteiger partial charge in [0, 0.05) is 11.6 Å². The number of benzene rings is 2. The fraction of sp³-hybridized carbons (Fsp3) is 0.350. The van der Waals surface area contributed by atoms with Crippen molar-refractivity contribution in [1.82, 2.24) is 5.32 Å². The Morgan fingerprint density at radius 2 is 1.48 bits per heavy atom. The average Bonchev–Trinajstić information content (AvgIpc) is 2.59. The second kappa shape index (κ2) is 8.42. The van der Waals surface area contributed by atoms with Crippen LogP contribution in [-0.2, 0) is 0 Å². The molecule has 0 atom stereocenters. The number of carbonyl (C=O) groups excluding carboxylic acids is 1. The second-order valence-corrected chi connectivity index (χ2v) is 5.93. The van der Waals surface area contributed by atoms with Crippen LogP contribution in [0.5, 0.6) is 17.2 Å². The van der Waals surface area contributed by atoms with Crippen LogP contribution < -0.4 is 19.5 Å². The van der Waals surface area contributed by atoms with Gasteiger partial charge in [-0.05, 0) is 44.0 Å². The van der Waals surface area contributed by atoms with Gasteiger partial charge >= 0.3 is 0 Å². The molecule has 0 radical (unpaired) electrons. The molecule has 2 aromatic carbocycles. The number of rotatable bonds is 7. The highest BCUT2D eigenvalue weighted by molar-refractivity contribution is 5.95. The maximum absolute atomic E-state index is 12.3. The Hall–Kier alpha value is -2.69. The molecule has 0 saturated heterocycles. The van der Waals surface area contributed by atoms with Crippen LogP contribution in [0.3, 0.4) is 0 Å². The van der Waals surface area contributed by atoms with Crippen molar-refractivity contribution in [3.05, 3.63) is 52.6 Å². The molecule has 0 aliphatic heterocycles. The number of amides is 1. The van der Waals surface area contributed by atoms with Gasteiger partial charge in [0.15, 0.2) is 0 Å². The quantitative estimate of drug-likeness (QED) is 0.783. The van der Waals surface area contributed by atoms with Crippen molar-refractivity contribution in [3.63, 3.8) is 0 Å². The monoisotopic (exact) mass is 343 g/mol. The molecule has 0 fully saturated rings. The van der Waals surface area contributed by atoms with E-state index in [0.29, 0.717) is 30.2 Å². The number of aryl methyl sites for hydroxylation is 3. The maximum atomic E-state index is 12.3. The van der Waals surface area contributed by atoms with E-state index in [1.54, 1.807) is 32.4 Å². The molecule has 25 heavy (non-hydrogen) atoms. The molecule has 0 aliphatic rings. The van der Waals surface area contributed by atoms with Gasteiger partial charge in [0.1, 0.15) is 23.9 Å². The molecule has 0 saturated carbocycles. The average molecular weight is 343 g/mol. The van der Waals surface area contributed by atoms with Crippen LogP contribution in [0.15, 0.2) is 30.3 Å². The molecule has 0 bridgehead atoms. The Bertz CT molecular complexity index is 710. The minimum absolute atomic E-state index is 0.196. The highest BCUT2D eigenvalue weighted by Gasteiger charge is 2.10. The Morgan fingerprint density at radius 3 is 2.00 bits per heavy atom. The van der Waals surface area contributed by atoms with Crippen LogP contribution in [0.4, 0.5) is 0 Å². The predicted octanol–water partition coefficient (Wildman–Crippen LogP) is 3.44. The Morgan fingerprint density at radius 1 is 0.920 bits per heavy atom. The summed E-state index contributed by atoms with van der Waals surface area (Å²) < 4.78 is 16.2. The minimum Gasteiger partial charge on any atom is -0.497 e. The van der Waals surface area contributed by atoms with E-state index in [2.05, 4.69) is 24.4 Å². The van der Waals surface area contributed by atoms with E-state index in [0.717, 1.165) is 16.9 Å². The van der Waals surface area contributed by atoms with Gasteiger partial charge in [-0.1, -0.05) is 17.7 Å². The fourth-order valence-electron chi connectivity index (χ4n) is 2.75. The predicted molar refractivity (Wildman–Crippen MR) is 98.0 cm³/mol. The summed E-state index contributed by atoms with van der Waals surface area (Å²) in [6, 6.07) is 9.25. The lowest BCUT2D eigenvalue weighted by atomic mass is 10.1. The minimum atomic E-state index is -0.196. The Kier molecular flexibility index (Phi) is 6.28. The van der Waals surface area contributed by atoms with Crippen molar-refractivity contribution in [1.29, 1.82) is 0 Å². The first-order chi connectivity index (χ1) is 11.9. The Labute approximate surface area is 148 Å². The summed E-state index contributed by atoms with van der Waals surface area (Å²) in [6.07, 6.45) is 0. The van der Waals surface area contributed by atoms with Gasteiger partial charge in [0.2, 0.25) is 0 Å². The van der Waals surface area contributed by atoms with E-state index in [4.69, 9.17) is 14.2 Å². The molecule has 0 unspecified atom stereocenters. The summed E-state index contributed by atoms with van der Waals surface area (Å²) in [6.45, 7) is 6.92. The lowest BCUT2D eigenvalue weighted by molar-refractivity contribution is 0.0946. The fourth-order valence-corrected chi connectivity index (χ4v) is 2.75. The van der Waals surface area contributed by atoms with Gasteiger partial charge in [-0.3, -0.25) is 4.79 Å². The van der Waals surface area contributed by atoms with Crippen LogP contribution in [0.1, 0.15) is 27.0 Å². The number of nitrogens with one attached hydrogen (secondary N) is 1. The standard InChI is InChI=1S/C20H25NO4/c1-13-8-14(2)19(15(3)9-13)25-7-6-21-20(22)16-10-17(23-4)12-18(11-16)24-5/h8-12H,6-7H2,1-5H3,(H,21,22). The molecule has 1 amide bonds. The lowest BCUT2D eigenvalue weighted by Crippen LogP contribution is -2.28. The molecule has 0 aromatic heterocycles. The highest BCUT2D eigenvalue weighted by atomic mass is 16.5. The molecule has 134 valence electrons. The van der Waals surface area contributed by atoms with E-state index in [1.165, 1.54) is 5.56 Å². The molecule has 0 heterocycles. The zero-order valence-electron chi connectivity index (χ0n) is 15.4. The third-order valence-corrected chi connectivity index (χ3v) is 3.85. The van der Waals surface area contributed by atoms with Crippen LogP contribution in [0.2, 0.25) is 0 Å². The molecule has 5 heteroatoms. The molecule has 0 spiro atoms. The van der Waals surface area contributed by atoms with Gasteiger partial charge in [-0.15, -0.1) is 0 Å². The third-order valence-electron chi connectivity index (χ3n) is 3.85. The van der Waals surface area contributed by atoms with E-state index >= 15 is 0 Å². The van der Waals surface area contributed by atoms with Gasteiger partial charge in [-0.2, -0.15) is 0 Å². The summed E-state index contributed by atoms with van der Waals surface area (Å²) >= 11 is 0. The van der Waals surface area contributed by atoms with Gasteiger partial charge in [0.25, 0.3) is 5.91 Å². The highest BCUT2D eigenvalue weighted by Crippen LogP contribution is 2.24. The second-order valence-electron chi connectivity index (χ2n) is 5.93. The molecule has 0 aliphatic carbocycles. The van der Waals surface area contributed by atoms with E-state index < -0.39 is 0 Å². The molecule has 2 aromatic rings. The molecular formula is C20H25NO4. The van der Waals surface area contributed by atoms with Crippen molar-refractivity contribution < 1.29 is 19.0 Å². The summed E-state index contributed by atoms with van der Waals surface area (Å²) in [5.74, 6) is 1.83. The summed E-state index contributed by atoms with van der Waals surface area (Å²) in [5.41, 5.74) is 3.89. The number of methoxy groups -OCH3 is 2. The number of ether oxygens (including phenoxy) is 3. The molecular weight excluding hydrogens is 318 g/mol. The maximum Gasteiger partial charge on any atom is 0.251 e. The van der Waals surface area contributed by atoms with Crippen LogP contribution in [0, 0.1) is 20.8 Å². The number of hydrogen-bond acceptors (Lipinski definition) is 4. The summed E-state index contributed by atoms with van der Waals surface area (Å²) in [4.78, 5) is 12.3. The third kappa shape index (κ3) is 4.89. The van der Waals surface area contributed by atoms with Crippen LogP contribution in [0.25, 0.3) is 0 Å². The summed E-state index contributed by atoms with van der Waals surface area (Å²) in [5, 5.41) is 2.85. The van der Waals surface area contributed by atoms with E-state index in [9.17, 15) is 4.79 Å². The first kappa shape index (κ1) is 18.6. The number of carbonyl (C=O) groups is 1. The van der Waals surface area contributed by atoms with Gasteiger partial charge < -0.3 is 19.5 Å². The van der Waals surface area contributed by atoms with E-state index in [-0.39, 0.29) is 5.91 Å². The van der Waals surface area contributed by atoms with Gasteiger partial charge in [0.05, 0.1) is 20.8 Å². The first-order valence-corrected chi connectivity index (χ1v) is 8.16. The topological polar surface area (TPSA) is 56.8 Å². The lowest BCUT2D eigenvalue weighted by Gasteiger charge is -2.14. The largest absolute Gasteiger partial charge is 0.497 e. The van der Waals surface area contributed by atoms with Gasteiger partial charge in [-0.25, -0.2) is 0 Å². The van der Waals surface area contributed by atoms with Crippen molar-refractivity contribution in [2.45, 2.75) is 20.8 Å². The number of hydrogen-bond donors (Lipinski definition) is 1. The van der Waals surface area contributed by atoms with Crippen molar-refractivity contribution in [3.8, 4) is 17.2 Å². The van der Waals surface area contributed by atoms with Crippen molar-refractivity contribution >= 4 is 5.91 Å². The van der Waals surface area contributed by atoms with Crippen LogP contribution >= 0.6 is 0 Å². The first-order valence-electron chi connectivity index (χ1n) is 8.16. The molecule has 5 nitrogen and oxygen atoms in total. The SMILES string of the molecule is COc1cc(OC)cc(C(=O)NCCOc2c(C)cc(C)cc2C)c1. The molecule has 2 rings (SSSR count). The zero-order valence-corrected chi connectivity index (χ0v) is 15.4. The molecule has 1 N–H and O–H groups in total. The van der Waals surface area contributed by atoms with E-state index in [1.807, 2.05) is 13.8 Å². The van der Waals surface area contributed by atoms with Crippen LogP contribution in [-0.4, -0.2) is 33.3 Å².